The first-order valence-corrected chi connectivity index (χ1v) is 8.18. The number of nitrogens with zero attached hydrogens (tertiary/aromatic N) is 3. The number of rotatable bonds is 3. The van der Waals surface area contributed by atoms with Crippen molar-refractivity contribution >= 4 is 0 Å². The van der Waals surface area contributed by atoms with E-state index in [9.17, 15) is 0 Å². The molecule has 112 valence electrons. The summed E-state index contributed by atoms with van der Waals surface area (Å²) in [4.78, 5) is 2.61. The topological polar surface area (TPSA) is 33.1 Å². The summed E-state index contributed by atoms with van der Waals surface area (Å²) in [6.07, 6.45) is 9.18. The van der Waals surface area contributed by atoms with Crippen LogP contribution in [0.3, 0.4) is 0 Å². The van der Waals surface area contributed by atoms with E-state index in [0.717, 1.165) is 19.0 Å². The Labute approximate surface area is 122 Å². The van der Waals surface area contributed by atoms with Crippen molar-refractivity contribution < 1.29 is 0 Å². The van der Waals surface area contributed by atoms with Crippen molar-refractivity contribution in [3.05, 3.63) is 18.0 Å². The summed E-state index contributed by atoms with van der Waals surface area (Å²) in [5.41, 5.74) is 1.20. The summed E-state index contributed by atoms with van der Waals surface area (Å²) in [5.74, 6) is 0.891. The van der Waals surface area contributed by atoms with Gasteiger partial charge in [0, 0.05) is 45.0 Å². The fourth-order valence-corrected chi connectivity index (χ4v) is 3.78. The number of aryl methyl sites for hydroxylation is 1. The van der Waals surface area contributed by atoms with Crippen molar-refractivity contribution in [1.82, 2.24) is 20.0 Å². The van der Waals surface area contributed by atoms with Crippen LogP contribution < -0.4 is 5.32 Å². The molecule has 2 atom stereocenters. The van der Waals surface area contributed by atoms with Crippen molar-refractivity contribution in [3.8, 4) is 0 Å². The molecule has 0 spiro atoms. The smallest absolute Gasteiger partial charge is 0.0764 e. The molecule has 20 heavy (non-hydrogen) atoms. The standard InChI is InChI=1S/C16H28N4/c1-13-10-17-16(14-6-4-3-5-7-14)12-20(13)11-15-8-9-19(2)18-15/h8-9,13-14,16-17H,3-7,10-12H2,1-2H3. The molecule has 1 saturated carbocycles. The lowest BCUT2D eigenvalue weighted by Gasteiger charge is -2.42. The normalized spacial score (nSPS) is 29.7. The Morgan fingerprint density at radius 1 is 1.30 bits per heavy atom. The minimum atomic E-state index is 0.608. The Hall–Kier alpha value is -0.870. The summed E-state index contributed by atoms with van der Waals surface area (Å²) < 4.78 is 1.90. The van der Waals surface area contributed by atoms with Gasteiger partial charge >= 0.3 is 0 Å². The van der Waals surface area contributed by atoms with Crippen LogP contribution in [0.4, 0.5) is 0 Å². The third kappa shape index (κ3) is 3.23. The van der Waals surface area contributed by atoms with Gasteiger partial charge in [0.05, 0.1) is 5.69 Å². The molecule has 0 radical (unpaired) electrons. The molecule has 1 aliphatic heterocycles. The highest BCUT2D eigenvalue weighted by Crippen LogP contribution is 2.28. The molecule has 2 unspecified atom stereocenters. The molecule has 1 N–H and O–H groups in total. The third-order valence-electron chi connectivity index (χ3n) is 5.08. The molecular weight excluding hydrogens is 248 g/mol. The van der Waals surface area contributed by atoms with Gasteiger partial charge in [0.1, 0.15) is 0 Å². The molecule has 0 amide bonds. The van der Waals surface area contributed by atoms with Crippen molar-refractivity contribution in [2.45, 2.75) is 57.7 Å². The van der Waals surface area contributed by atoms with Crippen molar-refractivity contribution in [3.63, 3.8) is 0 Å². The van der Waals surface area contributed by atoms with E-state index in [1.165, 1.54) is 44.3 Å². The Morgan fingerprint density at radius 2 is 2.10 bits per heavy atom. The summed E-state index contributed by atoms with van der Waals surface area (Å²) in [5, 5.41) is 8.32. The minimum absolute atomic E-state index is 0.608. The second kappa shape index (κ2) is 6.27. The van der Waals surface area contributed by atoms with E-state index >= 15 is 0 Å². The fourth-order valence-electron chi connectivity index (χ4n) is 3.78. The Morgan fingerprint density at radius 3 is 2.80 bits per heavy atom. The van der Waals surface area contributed by atoms with Crippen molar-refractivity contribution in [1.29, 1.82) is 0 Å². The quantitative estimate of drug-likeness (QED) is 0.918. The first-order chi connectivity index (χ1) is 9.72. The zero-order valence-electron chi connectivity index (χ0n) is 12.9. The monoisotopic (exact) mass is 276 g/mol. The Kier molecular flexibility index (Phi) is 4.41. The zero-order chi connectivity index (χ0) is 13.9. The van der Waals surface area contributed by atoms with Crippen LogP contribution in [0.2, 0.25) is 0 Å². The lowest BCUT2D eigenvalue weighted by Crippen LogP contribution is -2.57. The average Bonchev–Trinajstić information content (AvgIpc) is 2.88. The highest BCUT2D eigenvalue weighted by atomic mass is 15.3. The highest BCUT2D eigenvalue weighted by Gasteiger charge is 2.31. The highest BCUT2D eigenvalue weighted by molar-refractivity contribution is 5.00. The van der Waals surface area contributed by atoms with E-state index in [2.05, 4.69) is 28.3 Å². The van der Waals surface area contributed by atoms with Crippen LogP contribution in [-0.4, -0.2) is 39.9 Å². The van der Waals surface area contributed by atoms with E-state index in [-0.39, 0.29) is 0 Å². The number of piperazine rings is 1. The second-order valence-corrected chi connectivity index (χ2v) is 6.67. The molecule has 4 nitrogen and oxygen atoms in total. The molecule has 2 fully saturated rings. The Balaban J connectivity index is 1.60. The summed E-state index contributed by atoms with van der Waals surface area (Å²) >= 11 is 0. The predicted molar refractivity (Wildman–Crippen MR) is 81.4 cm³/mol. The van der Waals surface area contributed by atoms with Crippen molar-refractivity contribution in [2.75, 3.05) is 13.1 Å². The molecule has 1 aliphatic carbocycles. The van der Waals surface area contributed by atoms with Crippen molar-refractivity contribution in [2.24, 2.45) is 13.0 Å². The van der Waals surface area contributed by atoms with E-state index in [1.807, 2.05) is 17.9 Å². The lowest BCUT2D eigenvalue weighted by molar-refractivity contribution is 0.0968. The van der Waals surface area contributed by atoms with Crippen LogP contribution >= 0.6 is 0 Å². The number of aromatic nitrogens is 2. The second-order valence-electron chi connectivity index (χ2n) is 6.67. The molecule has 3 rings (SSSR count). The fraction of sp³-hybridized carbons (Fsp3) is 0.812. The van der Waals surface area contributed by atoms with Gasteiger partial charge in [0.15, 0.2) is 0 Å². The molecule has 2 heterocycles. The summed E-state index contributed by atoms with van der Waals surface area (Å²) in [6.45, 7) is 5.62. The van der Waals surface area contributed by atoms with Crippen LogP contribution in [0.1, 0.15) is 44.7 Å². The van der Waals surface area contributed by atoms with Gasteiger partial charge in [-0.2, -0.15) is 5.10 Å². The van der Waals surface area contributed by atoms with Crippen LogP contribution in [-0.2, 0) is 13.6 Å². The van der Waals surface area contributed by atoms with Crippen LogP contribution in [0, 0.1) is 5.92 Å². The molecule has 1 saturated heterocycles. The van der Waals surface area contributed by atoms with Crippen LogP contribution in [0.25, 0.3) is 0 Å². The Bertz CT molecular complexity index is 422. The van der Waals surface area contributed by atoms with Gasteiger partial charge in [0.25, 0.3) is 0 Å². The first kappa shape index (κ1) is 14.1. The van der Waals surface area contributed by atoms with Gasteiger partial charge in [-0.15, -0.1) is 0 Å². The average molecular weight is 276 g/mol. The SMILES string of the molecule is CC1CNC(C2CCCCC2)CN1Cc1ccn(C)n1. The van der Waals surface area contributed by atoms with Gasteiger partial charge in [0.2, 0.25) is 0 Å². The van der Waals surface area contributed by atoms with Gasteiger partial charge in [-0.1, -0.05) is 19.3 Å². The molecular formula is C16H28N4. The van der Waals surface area contributed by atoms with Crippen LogP contribution in [0.15, 0.2) is 12.3 Å². The van der Waals surface area contributed by atoms with E-state index in [1.54, 1.807) is 0 Å². The maximum Gasteiger partial charge on any atom is 0.0764 e. The maximum atomic E-state index is 4.53. The molecule has 1 aromatic rings. The van der Waals surface area contributed by atoms with Gasteiger partial charge < -0.3 is 5.32 Å². The van der Waals surface area contributed by atoms with Gasteiger partial charge in [-0.3, -0.25) is 9.58 Å². The number of hydrogen-bond donors (Lipinski definition) is 1. The molecule has 4 heteroatoms. The maximum absolute atomic E-state index is 4.53. The first-order valence-electron chi connectivity index (χ1n) is 8.18. The van der Waals surface area contributed by atoms with E-state index < -0.39 is 0 Å². The minimum Gasteiger partial charge on any atom is -0.311 e. The number of hydrogen-bond acceptors (Lipinski definition) is 3. The van der Waals surface area contributed by atoms with E-state index in [4.69, 9.17) is 0 Å². The molecule has 1 aromatic heterocycles. The summed E-state index contributed by atoms with van der Waals surface area (Å²) in [7, 11) is 2.00. The molecule has 0 bridgehead atoms. The molecule has 2 aliphatic rings. The van der Waals surface area contributed by atoms with Gasteiger partial charge in [-0.05, 0) is 31.7 Å². The summed E-state index contributed by atoms with van der Waals surface area (Å²) in [6, 6.07) is 3.44. The van der Waals surface area contributed by atoms with Gasteiger partial charge in [-0.25, -0.2) is 0 Å². The third-order valence-corrected chi connectivity index (χ3v) is 5.08. The zero-order valence-corrected chi connectivity index (χ0v) is 12.9. The predicted octanol–water partition coefficient (Wildman–Crippen LogP) is 2.16. The largest absolute Gasteiger partial charge is 0.311 e. The van der Waals surface area contributed by atoms with E-state index in [0.29, 0.717) is 12.1 Å². The molecule has 0 aromatic carbocycles. The van der Waals surface area contributed by atoms with Crippen LogP contribution in [0.5, 0.6) is 0 Å². The lowest BCUT2D eigenvalue weighted by atomic mass is 9.82. The number of nitrogens with one attached hydrogen (secondary N) is 1.